The third-order valence-electron chi connectivity index (χ3n) is 3.74. The molecule has 3 aromatic rings. The Morgan fingerprint density at radius 2 is 1.88 bits per heavy atom. The summed E-state index contributed by atoms with van der Waals surface area (Å²) in [6.45, 7) is 6.47. The Hall–Kier alpha value is -1.69. The normalized spacial score (nSPS) is 11.4. The molecule has 3 nitrogen and oxygen atoms in total. The number of thiophene rings is 1. The second kappa shape index (κ2) is 7.92. The maximum absolute atomic E-state index is 11.7. The van der Waals surface area contributed by atoms with Crippen molar-refractivity contribution in [1.82, 2.24) is 4.57 Å². The first-order valence-electron chi connectivity index (χ1n) is 7.48. The average Bonchev–Trinajstić information content (AvgIpc) is 3.16. The molecule has 0 saturated carbocycles. The first kappa shape index (κ1) is 18.6. The zero-order chi connectivity index (χ0) is 16.4. The number of Topliss-reactive ketones (excluding diaryl/α,β-unsaturated/α-hetero) is 1. The number of hydrogen-bond donors (Lipinski definition) is 0. The molecule has 0 radical (unpaired) electrons. The van der Waals surface area contributed by atoms with Gasteiger partial charge in [-0.1, -0.05) is 23.5 Å². The number of rotatable bonds is 4. The Bertz CT molecular complexity index is 890. The van der Waals surface area contributed by atoms with Crippen LogP contribution in [0.25, 0.3) is 11.1 Å². The van der Waals surface area contributed by atoms with Gasteiger partial charge in [0.05, 0.1) is 10.6 Å². The predicted octanol–water partition coefficient (Wildman–Crippen LogP) is 5.46. The number of halogens is 1. The van der Waals surface area contributed by atoms with E-state index < -0.39 is 0 Å². The largest absolute Gasteiger partial charge is 0.321 e. The van der Waals surface area contributed by atoms with E-state index in [4.69, 9.17) is 4.99 Å². The molecule has 0 aliphatic rings. The highest BCUT2D eigenvalue weighted by atomic mass is 35.5. The zero-order valence-corrected chi connectivity index (χ0v) is 16.2. The first-order valence-corrected chi connectivity index (χ1v) is 9.24. The fourth-order valence-corrected chi connectivity index (χ4v) is 4.31. The van der Waals surface area contributed by atoms with Crippen LogP contribution in [0, 0.1) is 6.92 Å². The smallest absolute Gasteiger partial charge is 0.190 e. The number of hydrogen-bond acceptors (Lipinski definition) is 4. The van der Waals surface area contributed by atoms with Crippen LogP contribution >= 0.6 is 35.1 Å². The Labute approximate surface area is 155 Å². The Morgan fingerprint density at radius 3 is 2.42 bits per heavy atom. The lowest BCUT2D eigenvalue weighted by Crippen LogP contribution is -2.14. The van der Waals surface area contributed by atoms with Crippen LogP contribution in [0.1, 0.15) is 29.2 Å². The second-order valence-electron chi connectivity index (χ2n) is 5.27. The number of carbonyl (C=O) groups is 1. The van der Waals surface area contributed by atoms with Crippen molar-refractivity contribution in [3.63, 3.8) is 0 Å². The van der Waals surface area contributed by atoms with Crippen LogP contribution in [0.5, 0.6) is 0 Å². The van der Waals surface area contributed by atoms with Gasteiger partial charge in [-0.25, -0.2) is 4.99 Å². The van der Waals surface area contributed by atoms with Crippen molar-refractivity contribution in [3.05, 3.63) is 56.5 Å². The second-order valence-corrected chi connectivity index (χ2v) is 7.03. The van der Waals surface area contributed by atoms with Gasteiger partial charge in [0, 0.05) is 19.2 Å². The quantitative estimate of drug-likeness (QED) is 0.555. The van der Waals surface area contributed by atoms with Gasteiger partial charge in [-0.3, -0.25) is 4.79 Å². The molecule has 0 amide bonds. The highest BCUT2D eigenvalue weighted by Gasteiger charge is 2.12. The Kier molecular flexibility index (Phi) is 6.15. The molecule has 3 rings (SSSR count). The van der Waals surface area contributed by atoms with E-state index in [1.165, 1.54) is 22.5 Å². The summed E-state index contributed by atoms with van der Waals surface area (Å²) in [5, 5.41) is 4.22. The summed E-state index contributed by atoms with van der Waals surface area (Å²) < 4.78 is 2.09. The first-order chi connectivity index (χ1) is 11.1. The molecule has 0 bridgehead atoms. The molecule has 1 aromatic carbocycles. The van der Waals surface area contributed by atoms with Crippen molar-refractivity contribution >= 4 is 46.6 Å². The number of benzene rings is 1. The third-order valence-corrected chi connectivity index (χ3v) is 5.70. The van der Waals surface area contributed by atoms with E-state index in [0.29, 0.717) is 0 Å². The van der Waals surface area contributed by atoms with Crippen molar-refractivity contribution in [3.8, 4) is 11.1 Å². The molecular formula is C18H19ClN2OS2. The number of aromatic nitrogens is 1. The predicted molar refractivity (Wildman–Crippen MR) is 105 cm³/mol. The van der Waals surface area contributed by atoms with Crippen LogP contribution in [-0.4, -0.2) is 10.4 Å². The number of nitrogens with zero attached hydrogens (tertiary/aromatic N) is 2. The molecule has 2 aromatic heterocycles. The molecule has 0 unspecified atom stereocenters. The number of ketones is 1. The topological polar surface area (TPSA) is 34.4 Å². The number of carbonyl (C=O) groups excluding carboxylic acids is 1. The Morgan fingerprint density at radius 1 is 1.17 bits per heavy atom. The monoisotopic (exact) mass is 378 g/mol. The van der Waals surface area contributed by atoms with Gasteiger partial charge in [0.15, 0.2) is 10.6 Å². The summed E-state index contributed by atoms with van der Waals surface area (Å²) in [5.74, 6) is 0.101. The lowest BCUT2D eigenvalue weighted by Gasteiger charge is -2.02. The summed E-state index contributed by atoms with van der Waals surface area (Å²) in [5.41, 5.74) is 4.33. The molecule has 0 fully saturated rings. The van der Waals surface area contributed by atoms with Gasteiger partial charge in [-0.2, -0.15) is 11.3 Å². The van der Waals surface area contributed by atoms with Crippen LogP contribution < -0.4 is 4.80 Å². The summed E-state index contributed by atoms with van der Waals surface area (Å²) in [6.07, 6.45) is 0. The molecule has 0 aliphatic heterocycles. The molecule has 0 spiro atoms. The zero-order valence-electron chi connectivity index (χ0n) is 13.8. The van der Waals surface area contributed by atoms with Crippen molar-refractivity contribution in [2.45, 2.75) is 27.3 Å². The minimum absolute atomic E-state index is 0. The summed E-state index contributed by atoms with van der Waals surface area (Å²) in [4.78, 5) is 18.1. The van der Waals surface area contributed by atoms with Crippen LogP contribution in [-0.2, 0) is 6.54 Å². The SMILES string of the molecule is CCn1c(C)c(C(C)=O)sc1=Nc1ccc(-c2ccsc2)cc1.Cl. The molecule has 2 heterocycles. The minimum Gasteiger partial charge on any atom is -0.321 e. The number of thiazole rings is 1. The van der Waals surface area contributed by atoms with Gasteiger partial charge in [0.2, 0.25) is 0 Å². The van der Waals surface area contributed by atoms with Crippen molar-refractivity contribution in [2.24, 2.45) is 4.99 Å². The highest BCUT2D eigenvalue weighted by molar-refractivity contribution is 7.11. The standard InChI is InChI=1S/C18H18N2OS2.ClH/c1-4-20-12(2)17(13(3)21)23-18(20)19-16-7-5-14(6-8-16)15-9-10-22-11-15;/h5-11H,4H2,1-3H3;1H. The molecule has 0 N–H and O–H groups in total. The Balaban J connectivity index is 0.00000208. The summed E-state index contributed by atoms with van der Waals surface area (Å²) in [7, 11) is 0. The van der Waals surface area contributed by atoms with E-state index >= 15 is 0 Å². The third kappa shape index (κ3) is 3.69. The minimum atomic E-state index is 0. The van der Waals surface area contributed by atoms with Gasteiger partial charge >= 0.3 is 0 Å². The van der Waals surface area contributed by atoms with Crippen molar-refractivity contribution in [1.29, 1.82) is 0 Å². The van der Waals surface area contributed by atoms with Gasteiger partial charge < -0.3 is 4.57 Å². The maximum atomic E-state index is 11.7. The lowest BCUT2D eigenvalue weighted by molar-refractivity contribution is 0.102. The van der Waals surface area contributed by atoms with Crippen molar-refractivity contribution < 1.29 is 4.79 Å². The van der Waals surface area contributed by atoms with Gasteiger partial charge in [0.25, 0.3) is 0 Å². The van der Waals surface area contributed by atoms with Gasteiger partial charge in [0.1, 0.15) is 0 Å². The van der Waals surface area contributed by atoms with Crippen LogP contribution in [0.15, 0.2) is 46.1 Å². The molecule has 0 saturated heterocycles. The average molecular weight is 379 g/mol. The van der Waals surface area contributed by atoms with E-state index in [0.717, 1.165) is 27.6 Å². The van der Waals surface area contributed by atoms with Crippen LogP contribution in [0.4, 0.5) is 5.69 Å². The van der Waals surface area contributed by atoms with E-state index in [9.17, 15) is 4.79 Å². The fourth-order valence-electron chi connectivity index (χ4n) is 2.54. The molecule has 126 valence electrons. The van der Waals surface area contributed by atoms with Crippen LogP contribution in [0.2, 0.25) is 0 Å². The molecule has 6 heteroatoms. The highest BCUT2D eigenvalue weighted by Crippen LogP contribution is 2.24. The molecule has 24 heavy (non-hydrogen) atoms. The lowest BCUT2D eigenvalue weighted by atomic mass is 10.1. The van der Waals surface area contributed by atoms with E-state index in [-0.39, 0.29) is 18.2 Å². The molecular weight excluding hydrogens is 360 g/mol. The fraction of sp³-hybridized carbons (Fsp3) is 0.222. The van der Waals surface area contributed by atoms with E-state index in [1.54, 1.807) is 18.3 Å². The summed E-state index contributed by atoms with van der Waals surface area (Å²) >= 11 is 3.16. The van der Waals surface area contributed by atoms with Crippen molar-refractivity contribution in [2.75, 3.05) is 0 Å². The van der Waals surface area contributed by atoms with Gasteiger partial charge in [-0.05, 0) is 53.9 Å². The maximum Gasteiger partial charge on any atom is 0.190 e. The van der Waals surface area contributed by atoms with E-state index in [1.807, 2.05) is 19.1 Å². The van der Waals surface area contributed by atoms with Crippen LogP contribution in [0.3, 0.4) is 0 Å². The molecule has 0 atom stereocenters. The molecule has 0 aliphatic carbocycles. The van der Waals surface area contributed by atoms with Gasteiger partial charge in [-0.15, -0.1) is 12.4 Å². The van der Waals surface area contributed by atoms with E-state index in [2.05, 4.69) is 40.5 Å². The summed E-state index contributed by atoms with van der Waals surface area (Å²) in [6, 6.07) is 10.3.